The smallest absolute Gasteiger partial charge is 0.262 e. The first kappa shape index (κ1) is 17.1. The van der Waals surface area contributed by atoms with Gasteiger partial charge in [-0.3, -0.25) is 19.3 Å². The molecule has 6 nitrogen and oxygen atoms in total. The molecule has 0 bridgehead atoms. The first-order valence-corrected chi connectivity index (χ1v) is 8.98. The number of nitrogens with one attached hydrogen (secondary N) is 2. The van der Waals surface area contributed by atoms with Gasteiger partial charge in [-0.25, -0.2) is 0 Å². The number of rotatable bonds is 5. The molecule has 0 aliphatic carbocycles. The molecule has 2 aliphatic rings. The van der Waals surface area contributed by atoms with Gasteiger partial charge in [-0.2, -0.15) is 0 Å². The van der Waals surface area contributed by atoms with Crippen LogP contribution in [0.2, 0.25) is 0 Å². The Labute approximate surface area is 149 Å². The van der Waals surface area contributed by atoms with Crippen molar-refractivity contribution >= 4 is 33.7 Å². The van der Waals surface area contributed by atoms with Crippen molar-refractivity contribution in [1.29, 1.82) is 0 Å². The second-order valence-corrected chi connectivity index (χ2v) is 7.15. The summed E-state index contributed by atoms with van der Waals surface area (Å²) in [5.41, 5.74) is 0.694. The molecule has 0 saturated carbocycles. The van der Waals surface area contributed by atoms with Gasteiger partial charge in [-0.05, 0) is 56.5 Å². The summed E-state index contributed by atoms with van der Waals surface area (Å²) in [4.78, 5) is 37.7. The van der Waals surface area contributed by atoms with E-state index in [4.69, 9.17) is 0 Å². The molecule has 128 valence electrons. The van der Waals surface area contributed by atoms with Crippen LogP contribution in [0.1, 0.15) is 40.0 Å². The second-order valence-electron chi connectivity index (χ2n) is 6.24. The van der Waals surface area contributed by atoms with Crippen LogP contribution in [-0.4, -0.2) is 48.8 Å². The van der Waals surface area contributed by atoms with Gasteiger partial charge in [-0.1, -0.05) is 15.9 Å². The van der Waals surface area contributed by atoms with Gasteiger partial charge in [0.05, 0.1) is 11.1 Å². The number of nitrogens with zero attached hydrogens (tertiary/aromatic N) is 1. The summed E-state index contributed by atoms with van der Waals surface area (Å²) in [6.45, 7) is 2.40. The lowest BCUT2D eigenvalue weighted by Crippen LogP contribution is -2.41. The van der Waals surface area contributed by atoms with E-state index in [-0.39, 0.29) is 12.5 Å². The van der Waals surface area contributed by atoms with E-state index in [1.54, 1.807) is 18.2 Å². The molecule has 0 radical (unpaired) electrons. The van der Waals surface area contributed by atoms with E-state index in [0.717, 1.165) is 28.9 Å². The predicted molar refractivity (Wildman–Crippen MR) is 92.7 cm³/mol. The predicted octanol–water partition coefficient (Wildman–Crippen LogP) is 1.55. The maximum atomic E-state index is 12.3. The number of hydrogen-bond acceptors (Lipinski definition) is 4. The van der Waals surface area contributed by atoms with E-state index in [1.165, 1.54) is 12.8 Å². The second kappa shape index (κ2) is 7.44. The lowest BCUT2D eigenvalue weighted by Gasteiger charge is -2.22. The van der Waals surface area contributed by atoms with Crippen LogP contribution >= 0.6 is 15.9 Å². The molecule has 0 spiro atoms. The van der Waals surface area contributed by atoms with E-state index in [0.29, 0.717) is 23.6 Å². The minimum Gasteiger partial charge on any atom is -0.355 e. The van der Waals surface area contributed by atoms with Crippen molar-refractivity contribution in [2.24, 2.45) is 5.92 Å². The molecule has 2 heterocycles. The Morgan fingerprint density at radius 1 is 1.29 bits per heavy atom. The zero-order valence-electron chi connectivity index (χ0n) is 13.3. The maximum Gasteiger partial charge on any atom is 0.262 e. The number of carbonyl (C=O) groups is 3. The van der Waals surface area contributed by atoms with Crippen molar-refractivity contribution in [2.45, 2.75) is 19.3 Å². The lowest BCUT2D eigenvalue weighted by molar-refractivity contribution is -0.121. The number of carbonyl (C=O) groups excluding carboxylic acids is 3. The number of hydrogen-bond donors (Lipinski definition) is 2. The Balaban J connectivity index is 1.51. The molecule has 1 unspecified atom stereocenters. The summed E-state index contributed by atoms with van der Waals surface area (Å²) in [5, 5.41) is 6.16. The minimum atomic E-state index is -0.414. The van der Waals surface area contributed by atoms with Crippen LogP contribution in [0.5, 0.6) is 0 Å². The van der Waals surface area contributed by atoms with Crippen LogP contribution in [0.25, 0.3) is 0 Å². The van der Waals surface area contributed by atoms with Crippen LogP contribution in [-0.2, 0) is 4.79 Å². The molecule has 1 saturated heterocycles. The first-order chi connectivity index (χ1) is 11.6. The third-order valence-electron chi connectivity index (χ3n) is 4.51. The molecule has 2 N–H and O–H groups in total. The van der Waals surface area contributed by atoms with Crippen LogP contribution in [0.3, 0.4) is 0 Å². The van der Waals surface area contributed by atoms with Gasteiger partial charge in [0.25, 0.3) is 11.8 Å². The number of halogens is 1. The van der Waals surface area contributed by atoms with E-state index >= 15 is 0 Å². The van der Waals surface area contributed by atoms with Gasteiger partial charge >= 0.3 is 0 Å². The highest BCUT2D eigenvalue weighted by molar-refractivity contribution is 9.10. The van der Waals surface area contributed by atoms with Crippen LogP contribution in [0, 0.1) is 5.92 Å². The SMILES string of the molecule is O=C(CN1C(=O)c2ccc(Br)cc2C1=O)NCCC1CCCNC1. The molecule has 24 heavy (non-hydrogen) atoms. The quantitative estimate of drug-likeness (QED) is 0.743. The van der Waals surface area contributed by atoms with Crippen molar-refractivity contribution in [2.75, 3.05) is 26.2 Å². The van der Waals surface area contributed by atoms with Gasteiger partial charge in [0, 0.05) is 11.0 Å². The number of imide groups is 1. The normalized spacial score (nSPS) is 20.2. The highest BCUT2D eigenvalue weighted by atomic mass is 79.9. The molecule has 2 aliphatic heterocycles. The minimum absolute atomic E-state index is 0.229. The van der Waals surface area contributed by atoms with Crippen molar-refractivity contribution in [3.8, 4) is 0 Å². The number of piperidine rings is 1. The van der Waals surface area contributed by atoms with E-state index in [9.17, 15) is 14.4 Å². The van der Waals surface area contributed by atoms with Crippen molar-refractivity contribution < 1.29 is 14.4 Å². The Kier molecular flexibility index (Phi) is 5.30. The fraction of sp³-hybridized carbons (Fsp3) is 0.471. The number of amides is 3. The third-order valence-corrected chi connectivity index (χ3v) is 5.00. The fourth-order valence-electron chi connectivity index (χ4n) is 3.19. The largest absolute Gasteiger partial charge is 0.355 e. The molecule has 7 heteroatoms. The highest BCUT2D eigenvalue weighted by Gasteiger charge is 2.36. The summed E-state index contributed by atoms with van der Waals surface area (Å²) in [6, 6.07) is 4.93. The highest BCUT2D eigenvalue weighted by Crippen LogP contribution is 2.25. The number of fused-ring (bicyclic) bond motifs is 1. The van der Waals surface area contributed by atoms with Crippen LogP contribution < -0.4 is 10.6 Å². The Morgan fingerprint density at radius 2 is 2.08 bits per heavy atom. The fourth-order valence-corrected chi connectivity index (χ4v) is 3.55. The van der Waals surface area contributed by atoms with Gasteiger partial charge in [0.15, 0.2) is 0 Å². The Morgan fingerprint density at radius 3 is 2.83 bits per heavy atom. The molecule has 0 aromatic heterocycles. The van der Waals surface area contributed by atoms with Crippen LogP contribution in [0.15, 0.2) is 22.7 Å². The molecule has 1 atom stereocenters. The summed E-state index contributed by atoms with van der Waals surface area (Å²) >= 11 is 3.29. The number of benzene rings is 1. The van der Waals surface area contributed by atoms with Crippen molar-refractivity contribution in [3.63, 3.8) is 0 Å². The molecule has 3 rings (SSSR count). The Hall–Kier alpha value is -1.73. The average molecular weight is 394 g/mol. The molecular formula is C17H20BrN3O3. The van der Waals surface area contributed by atoms with E-state index in [1.807, 2.05) is 0 Å². The van der Waals surface area contributed by atoms with E-state index < -0.39 is 11.8 Å². The lowest BCUT2D eigenvalue weighted by atomic mass is 9.96. The third kappa shape index (κ3) is 3.67. The Bertz CT molecular complexity index is 671. The monoisotopic (exact) mass is 393 g/mol. The zero-order chi connectivity index (χ0) is 17.1. The summed E-state index contributed by atoms with van der Waals surface area (Å²) in [6.07, 6.45) is 3.26. The summed E-state index contributed by atoms with van der Waals surface area (Å²) < 4.78 is 0.731. The zero-order valence-corrected chi connectivity index (χ0v) is 14.9. The molecule has 1 aromatic carbocycles. The van der Waals surface area contributed by atoms with Crippen molar-refractivity contribution in [1.82, 2.24) is 15.5 Å². The summed E-state index contributed by atoms with van der Waals surface area (Å²) in [5.74, 6) is -0.542. The molecule has 1 aromatic rings. The molecule has 3 amide bonds. The molecule has 1 fully saturated rings. The van der Waals surface area contributed by atoms with Gasteiger partial charge in [0.1, 0.15) is 6.54 Å². The summed E-state index contributed by atoms with van der Waals surface area (Å²) in [7, 11) is 0. The van der Waals surface area contributed by atoms with E-state index in [2.05, 4.69) is 26.6 Å². The topological polar surface area (TPSA) is 78.5 Å². The first-order valence-electron chi connectivity index (χ1n) is 8.19. The van der Waals surface area contributed by atoms with Gasteiger partial charge in [0.2, 0.25) is 5.91 Å². The molecular weight excluding hydrogens is 374 g/mol. The van der Waals surface area contributed by atoms with Crippen LogP contribution in [0.4, 0.5) is 0 Å². The van der Waals surface area contributed by atoms with Gasteiger partial charge in [-0.15, -0.1) is 0 Å². The standard InChI is InChI=1S/C17H20BrN3O3/c18-12-3-4-13-14(8-12)17(24)21(16(13)23)10-15(22)20-7-5-11-2-1-6-19-9-11/h3-4,8,11,19H,1-2,5-7,9-10H2,(H,20,22). The average Bonchev–Trinajstić information content (AvgIpc) is 2.80. The van der Waals surface area contributed by atoms with Crippen molar-refractivity contribution in [3.05, 3.63) is 33.8 Å². The van der Waals surface area contributed by atoms with Gasteiger partial charge < -0.3 is 10.6 Å². The maximum absolute atomic E-state index is 12.3.